The van der Waals surface area contributed by atoms with E-state index in [1.54, 1.807) is 53.3 Å². The molecule has 0 spiro atoms. The van der Waals surface area contributed by atoms with Crippen molar-refractivity contribution in [2.45, 2.75) is 6.92 Å². The Kier molecular flexibility index (Phi) is 5.17. The van der Waals surface area contributed by atoms with E-state index in [-0.39, 0.29) is 5.91 Å². The first kappa shape index (κ1) is 18.8. The van der Waals surface area contributed by atoms with Crippen LogP contribution in [0.2, 0.25) is 0 Å². The molecule has 1 amide bonds. The predicted molar refractivity (Wildman–Crippen MR) is 113 cm³/mol. The van der Waals surface area contributed by atoms with Crippen LogP contribution in [0, 0.1) is 18.3 Å². The van der Waals surface area contributed by atoms with Gasteiger partial charge in [0, 0.05) is 35.4 Å². The van der Waals surface area contributed by atoms with Crippen LogP contribution in [0.15, 0.2) is 73.1 Å². The van der Waals surface area contributed by atoms with E-state index in [2.05, 4.69) is 25.7 Å². The number of carbonyl (C=O) groups excluding carboxylic acids is 1. The van der Waals surface area contributed by atoms with E-state index < -0.39 is 0 Å². The van der Waals surface area contributed by atoms with Crippen molar-refractivity contribution in [2.24, 2.45) is 0 Å². The molecule has 0 radical (unpaired) electrons. The molecule has 2 heterocycles. The molecule has 2 aromatic heterocycles. The summed E-state index contributed by atoms with van der Waals surface area (Å²) in [4.78, 5) is 21.1. The summed E-state index contributed by atoms with van der Waals surface area (Å²) in [5.74, 6) is 1.69. The van der Waals surface area contributed by atoms with Gasteiger partial charge in [0.2, 0.25) is 0 Å². The number of rotatable bonds is 5. The van der Waals surface area contributed by atoms with Crippen LogP contribution in [-0.4, -0.2) is 25.7 Å². The number of hydrogen-bond acceptors (Lipinski definition) is 6. The molecule has 0 aliphatic rings. The molecule has 0 fully saturated rings. The first-order valence-electron chi connectivity index (χ1n) is 9.15. The highest BCUT2D eigenvalue weighted by Crippen LogP contribution is 2.20. The number of benzene rings is 2. The third-order valence-electron chi connectivity index (χ3n) is 4.25. The normalized spacial score (nSPS) is 10.3. The minimum Gasteiger partial charge on any atom is -0.340 e. The van der Waals surface area contributed by atoms with Crippen LogP contribution in [0.3, 0.4) is 0 Å². The zero-order valence-corrected chi connectivity index (χ0v) is 16.1. The number of aryl methyl sites for hydroxylation is 1. The molecular weight excluding hydrogens is 378 g/mol. The average Bonchev–Trinajstić information content (AvgIpc) is 3.30. The van der Waals surface area contributed by atoms with Crippen molar-refractivity contribution in [1.82, 2.24) is 19.7 Å². The fourth-order valence-corrected chi connectivity index (χ4v) is 2.82. The molecule has 0 saturated heterocycles. The molecular formula is C22H17N7O. The molecule has 0 atom stereocenters. The van der Waals surface area contributed by atoms with E-state index in [1.165, 1.54) is 0 Å². The summed E-state index contributed by atoms with van der Waals surface area (Å²) in [6.07, 6.45) is 3.51. The topological polar surface area (TPSA) is 109 Å². The van der Waals surface area contributed by atoms with Gasteiger partial charge >= 0.3 is 0 Å². The molecule has 8 heteroatoms. The Morgan fingerprint density at radius 3 is 2.43 bits per heavy atom. The van der Waals surface area contributed by atoms with Crippen molar-refractivity contribution in [1.29, 1.82) is 5.26 Å². The molecule has 2 aromatic carbocycles. The second-order valence-electron chi connectivity index (χ2n) is 6.45. The Balaban J connectivity index is 1.45. The molecule has 8 nitrogen and oxygen atoms in total. The number of hydrogen-bond donors (Lipinski definition) is 2. The van der Waals surface area contributed by atoms with Crippen molar-refractivity contribution >= 4 is 23.1 Å². The fraction of sp³-hybridized carbons (Fsp3) is 0.0455. The highest BCUT2D eigenvalue weighted by molar-refractivity contribution is 6.04. The first-order valence-corrected chi connectivity index (χ1v) is 9.15. The Labute approximate surface area is 172 Å². The van der Waals surface area contributed by atoms with Gasteiger partial charge < -0.3 is 10.6 Å². The molecule has 146 valence electrons. The summed E-state index contributed by atoms with van der Waals surface area (Å²) < 4.78 is 1.67. The number of carbonyl (C=O) groups is 1. The lowest BCUT2D eigenvalue weighted by Crippen LogP contribution is -2.11. The summed E-state index contributed by atoms with van der Waals surface area (Å²) in [6.45, 7) is 1.82. The molecule has 0 aliphatic carbocycles. The van der Waals surface area contributed by atoms with Gasteiger partial charge in [-0.15, -0.1) is 0 Å². The summed E-state index contributed by atoms with van der Waals surface area (Å²) in [7, 11) is 0. The molecule has 0 unspecified atom stereocenters. The van der Waals surface area contributed by atoms with Crippen LogP contribution < -0.4 is 10.6 Å². The lowest BCUT2D eigenvalue weighted by atomic mass is 10.1. The van der Waals surface area contributed by atoms with Crippen molar-refractivity contribution in [3.8, 4) is 11.9 Å². The highest BCUT2D eigenvalue weighted by atomic mass is 16.1. The standard InChI is InChI=1S/C22H17N7O/c1-15-25-20(13-21(26-15)29-12-2-11-24-29)27-18-7-9-19(10-8-18)28-22(30)17-5-3-16(14-23)4-6-17/h2-13H,1H3,(H,28,30)(H,25,26,27). The molecule has 4 rings (SSSR count). The zero-order chi connectivity index (χ0) is 20.9. The van der Waals surface area contributed by atoms with Crippen LogP contribution >= 0.6 is 0 Å². The summed E-state index contributed by atoms with van der Waals surface area (Å²) in [5.41, 5.74) is 2.47. The highest BCUT2D eigenvalue weighted by Gasteiger charge is 2.07. The average molecular weight is 395 g/mol. The second-order valence-corrected chi connectivity index (χ2v) is 6.45. The van der Waals surface area contributed by atoms with E-state index in [0.717, 1.165) is 5.69 Å². The number of amides is 1. The largest absolute Gasteiger partial charge is 0.340 e. The quantitative estimate of drug-likeness (QED) is 0.531. The van der Waals surface area contributed by atoms with Gasteiger partial charge in [0.05, 0.1) is 11.6 Å². The van der Waals surface area contributed by atoms with Crippen LogP contribution in [-0.2, 0) is 0 Å². The Bertz CT molecular complexity index is 1210. The molecule has 0 aliphatic heterocycles. The van der Waals surface area contributed by atoms with Gasteiger partial charge in [0.15, 0.2) is 5.82 Å². The lowest BCUT2D eigenvalue weighted by molar-refractivity contribution is 0.102. The third kappa shape index (κ3) is 4.31. The van der Waals surface area contributed by atoms with Crippen LogP contribution in [0.25, 0.3) is 5.82 Å². The van der Waals surface area contributed by atoms with E-state index in [0.29, 0.717) is 34.3 Å². The number of nitriles is 1. The van der Waals surface area contributed by atoms with Gasteiger partial charge in [-0.25, -0.2) is 14.6 Å². The van der Waals surface area contributed by atoms with Gasteiger partial charge in [-0.3, -0.25) is 4.79 Å². The SMILES string of the molecule is Cc1nc(Nc2ccc(NC(=O)c3ccc(C#N)cc3)cc2)cc(-n2cccn2)n1. The third-order valence-corrected chi connectivity index (χ3v) is 4.25. The van der Waals surface area contributed by atoms with Gasteiger partial charge in [-0.05, 0) is 61.5 Å². The van der Waals surface area contributed by atoms with Crippen molar-refractivity contribution in [2.75, 3.05) is 10.6 Å². The fourth-order valence-electron chi connectivity index (χ4n) is 2.82. The monoisotopic (exact) mass is 395 g/mol. The maximum absolute atomic E-state index is 12.3. The summed E-state index contributed by atoms with van der Waals surface area (Å²) in [5, 5.41) is 19.1. The summed E-state index contributed by atoms with van der Waals surface area (Å²) >= 11 is 0. The smallest absolute Gasteiger partial charge is 0.255 e. The number of nitrogens with one attached hydrogen (secondary N) is 2. The maximum atomic E-state index is 12.3. The van der Waals surface area contributed by atoms with Gasteiger partial charge in [-0.2, -0.15) is 10.4 Å². The summed E-state index contributed by atoms with van der Waals surface area (Å²) in [6, 6.07) is 19.4. The maximum Gasteiger partial charge on any atom is 0.255 e. The number of nitrogens with zero attached hydrogens (tertiary/aromatic N) is 5. The van der Waals surface area contributed by atoms with Gasteiger partial charge in [0.1, 0.15) is 11.6 Å². The molecule has 0 bridgehead atoms. The zero-order valence-electron chi connectivity index (χ0n) is 16.1. The number of aromatic nitrogens is 4. The minimum absolute atomic E-state index is 0.240. The first-order chi connectivity index (χ1) is 14.6. The molecule has 4 aromatic rings. The van der Waals surface area contributed by atoms with Gasteiger partial charge in [0.25, 0.3) is 5.91 Å². The molecule has 0 saturated carbocycles. The van der Waals surface area contributed by atoms with E-state index in [9.17, 15) is 4.79 Å². The van der Waals surface area contributed by atoms with E-state index in [4.69, 9.17) is 5.26 Å². The lowest BCUT2D eigenvalue weighted by Gasteiger charge is -2.10. The Morgan fingerprint density at radius 2 is 1.77 bits per heavy atom. The van der Waals surface area contributed by atoms with Gasteiger partial charge in [-0.1, -0.05) is 0 Å². The van der Waals surface area contributed by atoms with Crippen LogP contribution in [0.5, 0.6) is 0 Å². The molecule has 2 N–H and O–H groups in total. The molecule has 30 heavy (non-hydrogen) atoms. The van der Waals surface area contributed by atoms with Crippen LogP contribution in [0.1, 0.15) is 21.7 Å². The Hall–Kier alpha value is -4.51. The minimum atomic E-state index is -0.240. The van der Waals surface area contributed by atoms with Crippen molar-refractivity contribution in [3.05, 3.63) is 90.0 Å². The van der Waals surface area contributed by atoms with Crippen molar-refractivity contribution in [3.63, 3.8) is 0 Å². The predicted octanol–water partition coefficient (Wildman–Crippen LogP) is 3.84. The van der Waals surface area contributed by atoms with Crippen LogP contribution in [0.4, 0.5) is 17.2 Å². The number of anilines is 3. The Morgan fingerprint density at radius 1 is 1.03 bits per heavy atom. The van der Waals surface area contributed by atoms with E-state index >= 15 is 0 Å². The van der Waals surface area contributed by atoms with Crippen molar-refractivity contribution < 1.29 is 4.79 Å². The second kappa shape index (κ2) is 8.24. The van der Waals surface area contributed by atoms with E-state index in [1.807, 2.05) is 37.4 Å².